The van der Waals surface area contributed by atoms with Crippen LogP contribution < -0.4 is 0 Å². The van der Waals surface area contributed by atoms with Gasteiger partial charge in [0.05, 0.1) is 12.7 Å². The van der Waals surface area contributed by atoms with Gasteiger partial charge in [-0.2, -0.15) is 0 Å². The van der Waals surface area contributed by atoms with Gasteiger partial charge in [0, 0.05) is 5.56 Å². The summed E-state index contributed by atoms with van der Waals surface area (Å²) in [5.41, 5.74) is 2.26. The number of hydrogen-bond acceptors (Lipinski definition) is 3. The third kappa shape index (κ3) is 2.85. The van der Waals surface area contributed by atoms with E-state index >= 15 is 0 Å². The Morgan fingerprint density at radius 1 is 1.50 bits per heavy atom. The van der Waals surface area contributed by atoms with E-state index in [0.29, 0.717) is 5.56 Å². The summed E-state index contributed by atoms with van der Waals surface area (Å²) in [4.78, 5) is 11.4. The Hall–Kier alpha value is -1.79. The zero-order valence-corrected chi connectivity index (χ0v) is 9.41. The number of aliphatic hydroxyl groups excluding tert-OH is 1. The van der Waals surface area contributed by atoms with Crippen molar-refractivity contribution < 1.29 is 14.6 Å². The Morgan fingerprint density at radius 2 is 2.25 bits per heavy atom. The van der Waals surface area contributed by atoms with Crippen LogP contribution in [0.25, 0.3) is 0 Å². The van der Waals surface area contributed by atoms with E-state index in [0.717, 1.165) is 17.5 Å². The molecule has 0 fully saturated rings. The molecule has 0 unspecified atom stereocenters. The Kier molecular flexibility index (Phi) is 4.56. The summed E-state index contributed by atoms with van der Waals surface area (Å²) in [6.45, 7) is 1.80. The highest BCUT2D eigenvalue weighted by Crippen LogP contribution is 2.13. The lowest BCUT2D eigenvalue weighted by Gasteiger charge is -2.05. The third-order valence-electron chi connectivity index (χ3n) is 2.20. The number of carbonyl (C=O) groups is 1. The fourth-order valence-electron chi connectivity index (χ4n) is 1.41. The highest BCUT2D eigenvalue weighted by molar-refractivity contribution is 5.91. The second kappa shape index (κ2) is 5.94. The maximum absolute atomic E-state index is 11.4. The highest BCUT2D eigenvalue weighted by Gasteiger charge is 2.10. The van der Waals surface area contributed by atoms with E-state index in [1.807, 2.05) is 13.0 Å². The predicted octanol–water partition coefficient (Wildman–Crippen LogP) is 1.38. The van der Waals surface area contributed by atoms with Gasteiger partial charge in [-0.3, -0.25) is 0 Å². The van der Waals surface area contributed by atoms with Crippen molar-refractivity contribution in [3.63, 3.8) is 0 Å². The average Bonchev–Trinajstić information content (AvgIpc) is 2.34. The van der Waals surface area contributed by atoms with Gasteiger partial charge in [0.1, 0.15) is 6.61 Å². The summed E-state index contributed by atoms with van der Waals surface area (Å²) in [5, 5.41) is 8.59. The van der Waals surface area contributed by atoms with E-state index in [4.69, 9.17) is 5.11 Å². The first-order valence-corrected chi connectivity index (χ1v) is 5.03. The van der Waals surface area contributed by atoms with E-state index in [9.17, 15) is 4.79 Å². The first kappa shape index (κ1) is 12.3. The molecule has 0 amide bonds. The number of hydrogen-bond donors (Lipinski definition) is 1. The van der Waals surface area contributed by atoms with Crippen LogP contribution in [0.15, 0.2) is 18.2 Å². The zero-order valence-electron chi connectivity index (χ0n) is 9.41. The number of methoxy groups -OCH3 is 1. The minimum absolute atomic E-state index is 0.166. The van der Waals surface area contributed by atoms with Crippen molar-refractivity contribution >= 4 is 5.97 Å². The lowest BCUT2D eigenvalue weighted by Crippen LogP contribution is -2.05. The molecule has 0 aliphatic rings. The molecule has 1 aromatic rings. The molecule has 0 heterocycles. The van der Waals surface area contributed by atoms with E-state index in [2.05, 4.69) is 16.6 Å². The van der Waals surface area contributed by atoms with Crippen LogP contribution in [0.5, 0.6) is 0 Å². The molecule has 0 saturated carbocycles. The van der Waals surface area contributed by atoms with Gasteiger partial charge in [-0.15, -0.1) is 0 Å². The molecule has 84 valence electrons. The van der Waals surface area contributed by atoms with Crippen molar-refractivity contribution in [1.82, 2.24) is 0 Å². The van der Waals surface area contributed by atoms with Crippen LogP contribution >= 0.6 is 0 Å². The summed E-state index contributed by atoms with van der Waals surface area (Å²) >= 11 is 0. The van der Waals surface area contributed by atoms with Crippen molar-refractivity contribution in [2.45, 2.75) is 13.3 Å². The normalized spacial score (nSPS) is 9.19. The number of aryl methyl sites for hydroxylation is 1. The van der Waals surface area contributed by atoms with Gasteiger partial charge in [0.15, 0.2) is 0 Å². The largest absolute Gasteiger partial charge is 0.465 e. The Morgan fingerprint density at radius 3 is 2.81 bits per heavy atom. The molecule has 3 heteroatoms. The molecular weight excluding hydrogens is 204 g/mol. The molecule has 0 aliphatic heterocycles. The van der Waals surface area contributed by atoms with Gasteiger partial charge in [0.25, 0.3) is 0 Å². The minimum atomic E-state index is -0.335. The smallest absolute Gasteiger partial charge is 0.338 e. The highest BCUT2D eigenvalue weighted by atomic mass is 16.5. The van der Waals surface area contributed by atoms with Crippen LogP contribution in [0.2, 0.25) is 0 Å². The Labute approximate surface area is 95.1 Å². The van der Waals surface area contributed by atoms with Crippen molar-refractivity contribution in [1.29, 1.82) is 0 Å². The quantitative estimate of drug-likeness (QED) is 0.602. The average molecular weight is 218 g/mol. The fourth-order valence-corrected chi connectivity index (χ4v) is 1.41. The molecule has 1 rings (SSSR count). The van der Waals surface area contributed by atoms with E-state index in [1.165, 1.54) is 7.11 Å². The summed E-state index contributed by atoms with van der Waals surface area (Å²) < 4.78 is 4.68. The molecule has 3 nitrogen and oxygen atoms in total. The van der Waals surface area contributed by atoms with Gasteiger partial charge in [-0.05, 0) is 30.2 Å². The molecule has 0 aromatic heterocycles. The van der Waals surface area contributed by atoms with Gasteiger partial charge in [-0.1, -0.05) is 18.8 Å². The predicted molar refractivity (Wildman–Crippen MR) is 61.1 cm³/mol. The van der Waals surface area contributed by atoms with Crippen LogP contribution in [0.3, 0.4) is 0 Å². The molecule has 16 heavy (non-hydrogen) atoms. The van der Waals surface area contributed by atoms with Crippen LogP contribution in [0, 0.1) is 11.8 Å². The fraction of sp³-hybridized carbons (Fsp3) is 0.308. The van der Waals surface area contributed by atoms with Gasteiger partial charge in [0.2, 0.25) is 0 Å². The number of benzene rings is 1. The molecule has 1 aromatic carbocycles. The van der Waals surface area contributed by atoms with Gasteiger partial charge < -0.3 is 9.84 Å². The molecule has 0 radical (unpaired) electrons. The number of ether oxygens (including phenoxy) is 1. The topological polar surface area (TPSA) is 46.5 Å². The molecule has 0 atom stereocenters. The van der Waals surface area contributed by atoms with E-state index in [-0.39, 0.29) is 12.6 Å². The van der Waals surface area contributed by atoms with Crippen molar-refractivity contribution in [3.8, 4) is 11.8 Å². The minimum Gasteiger partial charge on any atom is -0.465 e. The van der Waals surface area contributed by atoms with E-state index in [1.54, 1.807) is 12.1 Å². The molecular formula is C13H14O3. The molecule has 0 saturated heterocycles. The third-order valence-corrected chi connectivity index (χ3v) is 2.20. The van der Waals surface area contributed by atoms with Gasteiger partial charge >= 0.3 is 5.97 Å². The standard InChI is InChI=1S/C13H14O3/c1-3-11-9-10(5-4-8-14)6-7-12(11)13(15)16-2/h6-7,9,14H,3,8H2,1-2H3. The molecule has 0 spiro atoms. The first-order valence-electron chi connectivity index (χ1n) is 5.03. The van der Waals surface area contributed by atoms with Crippen LogP contribution in [0.1, 0.15) is 28.4 Å². The SMILES string of the molecule is CCc1cc(C#CCO)ccc1C(=O)OC. The van der Waals surface area contributed by atoms with Crippen LogP contribution in [0.4, 0.5) is 0 Å². The maximum Gasteiger partial charge on any atom is 0.338 e. The van der Waals surface area contributed by atoms with Crippen molar-refractivity contribution in [3.05, 3.63) is 34.9 Å². The summed E-state index contributed by atoms with van der Waals surface area (Å²) in [6.07, 6.45) is 0.735. The van der Waals surface area contributed by atoms with Gasteiger partial charge in [-0.25, -0.2) is 4.79 Å². The first-order chi connectivity index (χ1) is 7.72. The summed E-state index contributed by atoms with van der Waals surface area (Å²) in [6, 6.07) is 5.29. The molecule has 0 aliphatic carbocycles. The lowest BCUT2D eigenvalue weighted by molar-refractivity contribution is 0.0599. The molecule has 1 N–H and O–H groups in total. The zero-order chi connectivity index (χ0) is 12.0. The number of rotatable bonds is 2. The number of carbonyl (C=O) groups excluding carboxylic acids is 1. The monoisotopic (exact) mass is 218 g/mol. The summed E-state index contributed by atoms with van der Waals surface area (Å²) in [5.74, 6) is 5.03. The Balaban J connectivity index is 3.11. The maximum atomic E-state index is 11.4. The van der Waals surface area contributed by atoms with Crippen molar-refractivity contribution in [2.75, 3.05) is 13.7 Å². The Bertz CT molecular complexity index is 438. The van der Waals surface area contributed by atoms with Crippen LogP contribution in [-0.4, -0.2) is 24.8 Å². The van der Waals surface area contributed by atoms with E-state index < -0.39 is 0 Å². The lowest BCUT2D eigenvalue weighted by atomic mass is 10.0. The second-order valence-electron chi connectivity index (χ2n) is 3.18. The van der Waals surface area contributed by atoms with Crippen molar-refractivity contribution in [2.24, 2.45) is 0 Å². The number of esters is 1. The number of aliphatic hydroxyl groups is 1. The molecule has 0 bridgehead atoms. The summed E-state index contributed by atoms with van der Waals surface area (Å²) in [7, 11) is 1.36. The van der Waals surface area contributed by atoms with Crippen LogP contribution in [-0.2, 0) is 11.2 Å². The second-order valence-corrected chi connectivity index (χ2v) is 3.18.